The highest BCUT2D eigenvalue weighted by atomic mass is 16.5. The first-order chi connectivity index (χ1) is 7.20. The van der Waals surface area contributed by atoms with E-state index in [-0.39, 0.29) is 0 Å². The predicted octanol–water partition coefficient (Wildman–Crippen LogP) is 3.93. The zero-order valence-corrected chi connectivity index (χ0v) is 9.55. The van der Waals surface area contributed by atoms with E-state index >= 15 is 0 Å². The monoisotopic (exact) mass is 202 g/mol. The topological polar surface area (TPSA) is 9.23 Å². The van der Waals surface area contributed by atoms with Crippen molar-refractivity contribution in [3.05, 3.63) is 59.9 Å². The van der Waals surface area contributed by atoms with E-state index in [1.165, 1.54) is 5.57 Å². The molecular weight excluding hydrogens is 184 g/mol. The van der Waals surface area contributed by atoms with Gasteiger partial charge in [0.25, 0.3) is 0 Å². The maximum Gasteiger partial charge on any atom is 0.122 e. The Morgan fingerprint density at radius 2 is 2.27 bits per heavy atom. The van der Waals surface area contributed by atoms with Crippen LogP contribution in [0, 0.1) is 0 Å². The average Bonchev–Trinajstić information content (AvgIpc) is 2.28. The minimum absolute atomic E-state index is 0.933. The van der Waals surface area contributed by atoms with Crippen molar-refractivity contribution in [2.75, 3.05) is 7.11 Å². The Bertz CT molecular complexity index is 354. The van der Waals surface area contributed by atoms with Gasteiger partial charge in [-0.25, -0.2) is 0 Å². The number of rotatable bonds is 4. The van der Waals surface area contributed by atoms with Gasteiger partial charge in [0.15, 0.2) is 0 Å². The SMILES string of the molecule is C=C/C=C(/C)C(=C)C1=C(OC)C=CCC1. The van der Waals surface area contributed by atoms with Crippen molar-refractivity contribution in [2.24, 2.45) is 0 Å². The Morgan fingerprint density at radius 3 is 2.87 bits per heavy atom. The van der Waals surface area contributed by atoms with Crippen LogP contribution in [0.1, 0.15) is 19.8 Å². The van der Waals surface area contributed by atoms with Gasteiger partial charge in [-0.2, -0.15) is 0 Å². The Morgan fingerprint density at radius 1 is 1.53 bits per heavy atom. The molecule has 80 valence electrons. The molecule has 0 saturated carbocycles. The van der Waals surface area contributed by atoms with Gasteiger partial charge in [-0.05, 0) is 37.0 Å². The summed E-state index contributed by atoms with van der Waals surface area (Å²) in [5.41, 5.74) is 3.40. The van der Waals surface area contributed by atoms with Crippen LogP contribution in [0.5, 0.6) is 0 Å². The first-order valence-electron chi connectivity index (χ1n) is 5.13. The molecule has 0 atom stereocenters. The van der Waals surface area contributed by atoms with Crippen molar-refractivity contribution < 1.29 is 4.74 Å². The lowest BCUT2D eigenvalue weighted by atomic mass is 9.92. The van der Waals surface area contributed by atoms with Gasteiger partial charge in [-0.1, -0.05) is 31.4 Å². The second-order valence-electron chi connectivity index (χ2n) is 3.55. The molecule has 1 rings (SSSR count). The summed E-state index contributed by atoms with van der Waals surface area (Å²) >= 11 is 0. The number of hydrogen-bond acceptors (Lipinski definition) is 1. The van der Waals surface area contributed by atoms with Crippen LogP contribution < -0.4 is 0 Å². The minimum Gasteiger partial charge on any atom is -0.496 e. The van der Waals surface area contributed by atoms with Gasteiger partial charge in [-0.3, -0.25) is 0 Å². The summed E-state index contributed by atoms with van der Waals surface area (Å²) in [6, 6.07) is 0. The van der Waals surface area contributed by atoms with E-state index in [1.54, 1.807) is 13.2 Å². The second kappa shape index (κ2) is 5.40. The maximum absolute atomic E-state index is 5.33. The third-order valence-electron chi connectivity index (χ3n) is 2.56. The molecule has 1 heteroatoms. The molecule has 0 N–H and O–H groups in total. The number of ether oxygens (including phenoxy) is 1. The van der Waals surface area contributed by atoms with Crippen LogP contribution in [0.25, 0.3) is 0 Å². The van der Waals surface area contributed by atoms with Gasteiger partial charge >= 0.3 is 0 Å². The number of methoxy groups -OCH3 is 1. The van der Waals surface area contributed by atoms with E-state index in [9.17, 15) is 0 Å². The van der Waals surface area contributed by atoms with Crippen LogP contribution in [-0.2, 0) is 4.74 Å². The third-order valence-corrected chi connectivity index (χ3v) is 2.56. The van der Waals surface area contributed by atoms with Crippen LogP contribution >= 0.6 is 0 Å². The van der Waals surface area contributed by atoms with E-state index in [0.29, 0.717) is 0 Å². The molecular formula is C14H18O. The fraction of sp³-hybridized carbons (Fsp3) is 0.286. The van der Waals surface area contributed by atoms with Gasteiger partial charge < -0.3 is 4.74 Å². The molecule has 0 bridgehead atoms. The second-order valence-corrected chi connectivity index (χ2v) is 3.55. The molecule has 0 aliphatic heterocycles. The molecule has 0 heterocycles. The predicted molar refractivity (Wildman–Crippen MR) is 65.5 cm³/mol. The summed E-state index contributed by atoms with van der Waals surface area (Å²) in [6.45, 7) is 9.84. The number of allylic oxidation sites excluding steroid dienone is 7. The summed E-state index contributed by atoms with van der Waals surface area (Å²) in [6.07, 6.45) is 9.96. The zero-order chi connectivity index (χ0) is 11.3. The molecule has 0 aromatic carbocycles. The van der Waals surface area contributed by atoms with Crippen molar-refractivity contribution in [3.8, 4) is 0 Å². The van der Waals surface area contributed by atoms with Crippen LogP contribution in [0.3, 0.4) is 0 Å². The van der Waals surface area contributed by atoms with Gasteiger partial charge in [0.1, 0.15) is 5.76 Å². The molecule has 1 aliphatic carbocycles. The summed E-state index contributed by atoms with van der Waals surface area (Å²) < 4.78 is 5.33. The molecule has 0 radical (unpaired) electrons. The van der Waals surface area contributed by atoms with Gasteiger partial charge in [0.2, 0.25) is 0 Å². The van der Waals surface area contributed by atoms with Crippen molar-refractivity contribution in [3.63, 3.8) is 0 Å². The Labute approximate surface area is 92.1 Å². The van der Waals surface area contributed by atoms with Gasteiger partial charge in [0.05, 0.1) is 7.11 Å². The van der Waals surface area contributed by atoms with E-state index in [4.69, 9.17) is 4.74 Å². The molecule has 1 nitrogen and oxygen atoms in total. The first-order valence-corrected chi connectivity index (χ1v) is 5.13. The third kappa shape index (κ3) is 2.72. The van der Waals surface area contributed by atoms with E-state index in [1.807, 2.05) is 19.1 Å². The molecule has 0 spiro atoms. The molecule has 0 unspecified atom stereocenters. The highest BCUT2D eigenvalue weighted by molar-refractivity contribution is 5.49. The minimum atomic E-state index is 0.933. The fourth-order valence-electron chi connectivity index (χ4n) is 1.65. The Balaban J connectivity index is 3.00. The molecule has 15 heavy (non-hydrogen) atoms. The lowest BCUT2D eigenvalue weighted by Gasteiger charge is -2.17. The molecule has 0 amide bonds. The lowest BCUT2D eigenvalue weighted by molar-refractivity contribution is 0.300. The molecule has 0 saturated heterocycles. The van der Waals surface area contributed by atoms with Crippen molar-refractivity contribution in [1.29, 1.82) is 0 Å². The molecule has 1 aliphatic rings. The Kier molecular flexibility index (Phi) is 4.17. The van der Waals surface area contributed by atoms with E-state index in [2.05, 4.69) is 19.2 Å². The highest BCUT2D eigenvalue weighted by Crippen LogP contribution is 2.28. The smallest absolute Gasteiger partial charge is 0.122 e. The normalized spacial score (nSPS) is 16.5. The summed E-state index contributed by atoms with van der Waals surface area (Å²) in [5.74, 6) is 0.933. The van der Waals surface area contributed by atoms with E-state index < -0.39 is 0 Å². The van der Waals surface area contributed by atoms with Crippen molar-refractivity contribution in [2.45, 2.75) is 19.8 Å². The summed E-state index contributed by atoms with van der Waals surface area (Å²) in [4.78, 5) is 0. The van der Waals surface area contributed by atoms with Crippen LogP contribution in [-0.4, -0.2) is 7.11 Å². The average molecular weight is 202 g/mol. The quantitative estimate of drug-likeness (QED) is 0.628. The number of hydrogen-bond donors (Lipinski definition) is 0. The fourth-order valence-corrected chi connectivity index (χ4v) is 1.65. The molecule has 0 aromatic heterocycles. The van der Waals surface area contributed by atoms with Crippen molar-refractivity contribution in [1.82, 2.24) is 0 Å². The first kappa shape index (κ1) is 11.6. The largest absolute Gasteiger partial charge is 0.496 e. The van der Waals surface area contributed by atoms with Crippen LogP contribution in [0.2, 0.25) is 0 Å². The lowest BCUT2D eigenvalue weighted by Crippen LogP contribution is -2.00. The molecule has 0 fully saturated rings. The van der Waals surface area contributed by atoms with Crippen LogP contribution in [0.15, 0.2) is 59.9 Å². The highest BCUT2D eigenvalue weighted by Gasteiger charge is 2.12. The van der Waals surface area contributed by atoms with Crippen molar-refractivity contribution >= 4 is 0 Å². The standard InChI is InChI=1S/C14H18O/c1-5-8-11(2)12(3)13-9-6-7-10-14(13)15-4/h5,7-8,10H,1,3,6,9H2,2,4H3/b11-8-. The summed E-state index contributed by atoms with van der Waals surface area (Å²) in [7, 11) is 1.70. The van der Waals surface area contributed by atoms with Gasteiger partial charge in [-0.15, -0.1) is 0 Å². The molecule has 0 aromatic rings. The summed E-state index contributed by atoms with van der Waals surface area (Å²) in [5, 5.41) is 0. The zero-order valence-electron chi connectivity index (χ0n) is 9.55. The van der Waals surface area contributed by atoms with Crippen LogP contribution in [0.4, 0.5) is 0 Å². The van der Waals surface area contributed by atoms with E-state index in [0.717, 1.165) is 29.7 Å². The maximum atomic E-state index is 5.33. The Hall–Kier alpha value is -1.50. The van der Waals surface area contributed by atoms with Gasteiger partial charge in [0, 0.05) is 5.57 Å².